The van der Waals surface area contributed by atoms with Crippen LogP contribution in [0.2, 0.25) is 5.02 Å². The Bertz CT molecular complexity index is 476. The molecular formula is C13H21ClN2OS. The number of nitrogens with two attached hydrogens (primary N) is 1. The molecule has 0 fully saturated rings. The van der Waals surface area contributed by atoms with Crippen LogP contribution in [0, 0.1) is 5.92 Å². The highest BCUT2D eigenvalue weighted by molar-refractivity contribution is 7.92. The number of benzene rings is 1. The van der Waals surface area contributed by atoms with Crippen LogP contribution in [-0.4, -0.2) is 23.1 Å². The van der Waals surface area contributed by atoms with Crippen LogP contribution in [0.4, 0.5) is 0 Å². The van der Waals surface area contributed by atoms with Gasteiger partial charge in [-0.15, -0.1) is 0 Å². The maximum atomic E-state index is 12.7. The van der Waals surface area contributed by atoms with Crippen molar-refractivity contribution in [3.05, 3.63) is 34.9 Å². The molecule has 0 aromatic heterocycles. The van der Waals surface area contributed by atoms with Crippen molar-refractivity contribution in [2.24, 2.45) is 16.0 Å². The summed E-state index contributed by atoms with van der Waals surface area (Å²) in [5.41, 5.74) is 6.53. The van der Waals surface area contributed by atoms with E-state index in [0.29, 0.717) is 35.5 Å². The van der Waals surface area contributed by atoms with E-state index in [0.717, 1.165) is 5.56 Å². The van der Waals surface area contributed by atoms with Crippen LogP contribution in [0.15, 0.2) is 28.6 Å². The zero-order chi connectivity index (χ0) is 13.6. The largest absolute Gasteiger partial charge is 0.330 e. The molecule has 0 spiro atoms. The Morgan fingerprint density at radius 2 is 1.94 bits per heavy atom. The van der Waals surface area contributed by atoms with Crippen molar-refractivity contribution in [2.45, 2.75) is 19.6 Å². The fourth-order valence-corrected chi connectivity index (χ4v) is 3.63. The first-order chi connectivity index (χ1) is 8.45. The Morgan fingerprint density at radius 1 is 1.33 bits per heavy atom. The van der Waals surface area contributed by atoms with Gasteiger partial charge in [-0.05, 0) is 23.6 Å². The van der Waals surface area contributed by atoms with Gasteiger partial charge in [0.2, 0.25) is 0 Å². The van der Waals surface area contributed by atoms with Gasteiger partial charge in [-0.25, -0.2) is 8.57 Å². The van der Waals surface area contributed by atoms with E-state index in [1.165, 1.54) is 0 Å². The molecular weight excluding hydrogens is 268 g/mol. The second-order valence-electron chi connectivity index (χ2n) is 4.74. The molecule has 1 aromatic rings. The molecule has 1 atom stereocenters. The van der Waals surface area contributed by atoms with Crippen molar-refractivity contribution in [3.63, 3.8) is 0 Å². The third kappa shape index (κ3) is 5.38. The molecule has 102 valence electrons. The van der Waals surface area contributed by atoms with Gasteiger partial charge in [-0.1, -0.05) is 37.6 Å². The van der Waals surface area contributed by atoms with Crippen LogP contribution in [0.3, 0.4) is 0 Å². The van der Waals surface area contributed by atoms with Gasteiger partial charge in [0.25, 0.3) is 0 Å². The number of rotatable bonds is 6. The Kier molecular flexibility index (Phi) is 6.12. The van der Waals surface area contributed by atoms with Crippen LogP contribution in [0.5, 0.6) is 0 Å². The van der Waals surface area contributed by atoms with Gasteiger partial charge in [0.1, 0.15) is 0 Å². The lowest BCUT2D eigenvalue weighted by Gasteiger charge is -2.10. The van der Waals surface area contributed by atoms with E-state index in [1.54, 1.807) is 0 Å². The first-order valence-corrected chi connectivity index (χ1v) is 8.31. The SMILES string of the molecule is CC(C)CN=S(=O)(CCN)Cc1ccc(Cl)cc1. The molecule has 0 saturated carbocycles. The van der Waals surface area contributed by atoms with E-state index in [2.05, 4.69) is 18.2 Å². The molecule has 0 aliphatic rings. The summed E-state index contributed by atoms with van der Waals surface area (Å²) in [6.45, 7) is 5.14. The van der Waals surface area contributed by atoms with Gasteiger partial charge in [0.05, 0.1) is 22.0 Å². The number of hydrogen-bond acceptors (Lipinski definition) is 3. The molecule has 1 aromatic carbocycles. The van der Waals surface area contributed by atoms with E-state index >= 15 is 0 Å². The summed E-state index contributed by atoms with van der Waals surface area (Å²) >= 11 is 5.83. The maximum Gasteiger partial charge on any atom is 0.0568 e. The molecule has 0 aliphatic heterocycles. The molecule has 0 aliphatic carbocycles. The minimum absolute atomic E-state index is 0.397. The van der Waals surface area contributed by atoms with Crippen LogP contribution < -0.4 is 5.73 Å². The van der Waals surface area contributed by atoms with Crippen molar-refractivity contribution in [3.8, 4) is 0 Å². The summed E-state index contributed by atoms with van der Waals surface area (Å²) in [7, 11) is -2.24. The van der Waals surface area contributed by atoms with Gasteiger partial charge < -0.3 is 5.73 Å². The average molecular weight is 289 g/mol. The highest BCUT2D eigenvalue weighted by Gasteiger charge is 2.10. The van der Waals surface area contributed by atoms with E-state index in [1.807, 2.05) is 24.3 Å². The Labute approximate surface area is 115 Å². The average Bonchev–Trinajstić information content (AvgIpc) is 2.30. The Balaban J connectivity index is 2.88. The summed E-state index contributed by atoms with van der Waals surface area (Å²) in [6, 6.07) is 7.40. The van der Waals surface area contributed by atoms with Gasteiger partial charge in [-0.2, -0.15) is 0 Å². The molecule has 0 radical (unpaired) electrons. The predicted molar refractivity (Wildman–Crippen MR) is 79.4 cm³/mol. The normalized spacial score (nSPS) is 14.5. The standard InChI is InChI=1S/C13H21ClN2OS/c1-11(2)9-16-18(17,8-7-15)10-12-3-5-13(14)6-4-12/h3-6,11H,7-10,15H2,1-2H3. The van der Waals surface area contributed by atoms with Gasteiger partial charge in [0.15, 0.2) is 0 Å². The van der Waals surface area contributed by atoms with Crippen LogP contribution in [0.25, 0.3) is 0 Å². The maximum absolute atomic E-state index is 12.7. The van der Waals surface area contributed by atoms with Crippen molar-refractivity contribution in [1.82, 2.24) is 0 Å². The molecule has 1 unspecified atom stereocenters. The summed E-state index contributed by atoms with van der Waals surface area (Å²) in [4.78, 5) is 0. The van der Waals surface area contributed by atoms with E-state index in [4.69, 9.17) is 17.3 Å². The smallest absolute Gasteiger partial charge is 0.0568 e. The van der Waals surface area contributed by atoms with Crippen LogP contribution in [0.1, 0.15) is 19.4 Å². The molecule has 5 heteroatoms. The minimum atomic E-state index is -2.24. The second kappa shape index (κ2) is 7.12. The third-order valence-electron chi connectivity index (χ3n) is 2.42. The van der Waals surface area contributed by atoms with Crippen molar-refractivity contribution < 1.29 is 4.21 Å². The first-order valence-electron chi connectivity index (χ1n) is 6.08. The summed E-state index contributed by atoms with van der Waals surface area (Å²) in [6.07, 6.45) is 0. The Morgan fingerprint density at radius 3 is 2.44 bits per heavy atom. The number of nitrogens with zero attached hydrogens (tertiary/aromatic N) is 1. The third-order valence-corrected chi connectivity index (χ3v) is 4.95. The minimum Gasteiger partial charge on any atom is -0.330 e. The number of hydrogen-bond donors (Lipinski definition) is 1. The summed E-state index contributed by atoms with van der Waals surface area (Å²) in [5, 5.41) is 0.684. The zero-order valence-electron chi connectivity index (χ0n) is 10.9. The lowest BCUT2D eigenvalue weighted by atomic mass is 10.2. The molecule has 0 bridgehead atoms. The fourth-order valence-electron chi connectivity index (χ4n) is 1.49. The fraction of sp³-hybridized carbons (Fsp3) is 0.538. The molecule has 0 saturated heterocycles. The monoisotopic (exact) mass is 288 g/mol. The van der Waals surface area contributed by atoms with Crippen molar-refractivity contribution >= 4 is 21.3 Å². The number of halogens is 1. The summed E-state index contributed by atoms with van der Waals surface area (Å²) in [5.74, 6) is 1.31. The van der Waals surface area contributed by atoms with E-state index in [-0.39, 0.29) is 0 Å². The van der Waals surface area contributed by atoms with E-state index < -0.39 is 9.73 Å². The predicted octanol–water partition coefficient (Wildman–Crippen LogP) is 2.92. The topological polar surface area (TPSA) is 55.5 Å². The van der Waals surface area contributed by atoms with Gasteiger partial charge in [-0.3, -0.25) is 0 Å². The van der Waals surface area contributed by atoms with Gasteiger partial charge in [0, 0.05) is 17.3 Å². The van der Waals surface area contributed by atoms with Gasteiger partial charge >= 0.3 is 0 Å². The van der Waals surface area contributed by atoms with Crippen LogP contribution in [-0.2, 0) is 15.5 Å². The molecule has 2 N–H and O–H groups in total. The van der Waals surface area contributed by atoms with E-state index in [9.17, 15) is 4.21 Å². The highest BCUT2D eigenvalue weighted by atomic mass is 35.5. The molecule has 18 heavy (non-hydrogen) atoms. The molecule has 3 nitrogen and oxygen atoms in total. The van der Waals surface area contributed by atoms with Crippen molar-refractivity contribution in [2.75, 3.05) is 18.8 Å². The highest BCUT2D eigenvalue weighted by Crippen LogP contribution is 2.14. The lowest BCUT2D eigenvalue weighted by molar-refractivity contribution is 0.648. The first kappa shape index (κ1) is 15.5. The zero-order valence-corrected chi connectivity index (χ0v) is 12.5. The summed E-state index contributed by atoms with van der Waals surface area (Å²) < 4.78 is 17.0. The molecule has 0 amide bonds. The molecule has 0 heterocycles. The van der Waals surface area contributed by atoms with Crippen LogP contribution >= 0.6 is 11.6 Å². The quantitative estimate of drug-likeness (QED) is 0.875. The molecule has 1 rings (SSSR count). The second-order valence-corrected chi connectivity index (χ2v) is 7.68. The lowest BCUT2D eigenvalue weighted by Crippen LogP contribution is -2.18. The Hall–Kier alpha value is -0.580. The van der Waals surface area contributed by atoms with Crippen molar-refractivity contribution in [1.29, 1.82) is 0 Å².